The molecule has 8 nitrogen and oxygen atoms in total. The second-order valence-corrected chi connectivity index (χ2v) is 23.2. The normalized spacial score (nSPS) is 12.7. The Kier molecular flexibility index (Phi) is 17.8. The van der Waals surface area contributed by atoms with Crippen molar-refractivity contribution in [1.29, 1.82) is 0 Å². The molecule has 0 saturated carbocycles. The Labute approximate surface area is 255 Å². The molecule has 0 aliphatic carbocycles. The van der Waals surface area contributed by atoms with Gasteiger partial charge < -0.3 is 0 Å². The zero-order valence-corrected chi connectivity index (χ0v) is 29.2. The molecule has 0 spiro atoms. The number of allylic oxidation sites excluding steroid dienone is 1. The van der Waals surface area contributed by atoms with Gasteiger partial charge in [0.2, 0.25) is 0 Å². The van der Waals surface area contributed by atoms with Crippen LogP contribution in [0.25, 0.3) is 6.08 Å². The standard InChI is InChI=1S/C21H21O8.3C4H9.Sn/c1-26-17(22)13-16(20(24)28-3)18(21(25)29-4)15(19(23)27-2)12-8-11-14-9-6-5-7-10-14;3*1-3-4-2;/h5-11H,12H2,1-4H3;3*1,3-4H2,2H3;/b11-8+,16-13?,18-15-;;;;. The summed E-state index contributed by atoms with van der Waals surface area (Å²) in [6.45, 7) is 6.27. The van der Waals surface area contributed by atoms with E-state index in [1.165, 1.54) is 28.4 Å². The van der Waals surface area contributed by atoms with Gasteiger partial charge in [-0.15, -0.1) is 0 Å². The topological polar surface area (TPSA) is 105 Å². The number of methoxy groups -OCH3 is 4. The van der Waals surface area contributed by atoms with E-state index in [-0.39, 0.29) is 26.7 Å². The van der Waals surface area contributed by atoms with Gasteiger partial charge in [0, 0.05) is 0 Å². The van der Waals surface area contributed by atoms with E-state index < -0.39 is 42.3 Å². The zero-order chi connectivity index (χ0) is 31.5. The average molecular weight is 691 g/mol. The van der Waals surface area contributed by atoms with Crippen LogP contribution in [-0.2, 0) is 38.1 Å². The molecule has 0 aliphatic heterocycles. The Balaban J connectivity index is 4.34. The third-order valence-corrected chi connectivity index (χ3v) is 22.9. The van der Waals surface area contributed by atoms with Crippen LogP contribution in [0.3, 0.4) is 0 Å². The Bertz CT molecular complexity index is 1110. The number of esters is 4. The van der Waals surface area contributed by atoms with Gasteiger partial charge in [-0.25, -0.2) is 0 Å². The molecule has 0 aliphatic rings. The van der Waals surface area contributed by atoms with Crippen LogP contribution in [0, 0.1) is 0 Å². The first kappa shape index (κ1) is 37.1. The van der Waals surface area contributed by atoms with E-state index in [2.05, 4.69) is 20.8 Å². The number of hydrogen-bond donors (Lipinski definition) is 0. The monoisotopic (exact) mass is 692 g/mol. The quantitative estimate of drug-likeness (QED) is 0.0547. The van der Waals surface area contributed by atoms with Crippen molar-refractivity contribution in [3.05, 3.63) is 62.3 Å². The van der Waals surface area contributed by atoms with Crippen LogP contribution < -0.4 is 0 Å². The molecule has 0 amide bonds. The number of carbonyl (C=O) groups is 4. The minimum atomic E-state index is -3.85. The van der Waals surface area contributed by atoms with Gasteiger partial charge in [-0.3, -0.25) is 0 Å². The molecule has 0 N–H and O–H groups in total. The van der Waals surface area contributed by atoms with Crippen LogP contribution in [0.5, 0.6) is 0 Å². The van der Waals surface area contributed by atoms with Crippen molar-refractivity contribution in [2.24, 2.45) is 0 Å². The third-order valence-electron chi connectivity index (χ3n) is 7.39. The van der Waals surface area contributed by atoms with Crippen molar-refractivity contribution in [3.8, 4) is 0 Å². The summed E-state index contributed by atoms with van der Waals surface area (Å²) >= 11 is -3.85. The van der Waals surface area contributed by atoms with Crippen LogP contribution in [0.1, 0.15) is 71.3 Å². The summed E-state index contributed by atoms with van der Waals surface area (Å²) in [6, 6.07) is 9.44. The van der Waals surface area contributed by atoms with E-state index in [9.17, 15) is 19.2 Å². The number of carbonyl (C=O) groups excluding carboxylic acids is 4. The molecule has 0 bridgehead atoms. The Morgan fingerprint density at radius 2 is 1.10 bits per heavy atom. The van der Waals surface area contributed by atoms with Crippen molar-refractivity contribution < 1.29 is 38.1 Å². The fraction of sp³-hybridized carbons (Fsp3) is 0.515. The Morgan fingerprint density at radius 1 is 0.643 bits per heavy atom. The summed E-state index contributed by atoms with van der Waals surface area (Å²) < 4.78 is 23.5. The van der Waals surface area contributed by atoms with E-state index in [0.717, 1.165) is 57.4 Å². The average Bonchev–Trinajstić information content (AvgIpc) is 3.02. The SMILES string of the molecule is CCC[CH2][Sn]([CH2]CCC)([CH2]CCC)/[C](C(=O)OC)=C(C(=O)OC)\C(C(=O)OC)=C(/C/C=C/c1ccccc1)C(=O)OC. The zero-order valence-electron chi connectivity index (χ0n) is 26.4. The predicted molar refractivity (Wildman–Crippen MR) is 167 cm³/mol. The summed E-state index contributed by atoms with van der Waals surface area (Å²) in [5.41, 5.74) is 0.262. The van der Waals surface area contributed by atoms with E-state index >= 15 is 0 Å². The van der Waals surface area contributed by atoms with Gasteiger partial charge in [-0.1, -0.05) is 0 Å². The summed E-state index contributed by atoms with van der Waals surface area (Å²) in [4.78, 5) is 54.4. The van der Waals surface area contributed by atoms with Gasteiger partial charge in [0.05, 0.1) is 0 Å². The molecule has 0 aromatic heterocycles. The fourth-order valence-electron chi connectivity index (χ4n) is 5.18. The summed E-state index contributed by atoms with van der Waals surface area (Å²) in [5.74, 6) is -3.27. The van der Waals surface area contributed by atoms with Gasteiger partial charge in [-0.2, -0.15) is 0 Å². The maximum atomic E-state index is 13.8. The number of unbranched alkanes of at least 4 members (excludes halogenated alkanes) is 3. The summed E-state index contributed by atoms with van der Waals surface area (Å²) in [5, 5.41) is 0. The molecule has 0 radical (unpaired) electrons. The molecule has 0 fully saturated rings. The van der Waals surface area contributed by atoms with Gasteiger partial charge in [0.1, 0.15) is 0 Å². The predicted octanol–water partition coefficient (Wildman–Crippen LogP) is 6.76. The number of ether oxygens (including phenoxy) is 4. The molecule has 9 heteroatoms. The van der Waals surface area contributed by atoms with Gasteiger partial charge in [0.15, 0.2) is 0 Å². The molecule has 0 unspecified atom stereocenters. The van der Waals surface area contributed by atoms with E-state index in [4.69, 9.17) is 18.9 Å². The van der Waals surface area contributed by atoms with E-state index in [1.54, 1.807) is 12.2 Å². The van der Waals surface area contributed by atoms with Crippen LogP contribution in [0.2, 0.25) is 13.3 Å². The fourth-order valence-corrected chi connectivity index (χ4v) is 22.0. The van der Waals surface area contributed by atoms with Crippen molar-refractivity contribution >= 4 is 48.3 Å². The van der Waals surface area contributed by atoms with Crippen molar-refractivity contribution in [2.75, 3.05) is 28.4 Å². The van der Waals surface area contributed by atoms with Crippen LogP contribution in [-0.4, -0.2) is 70.7 Å². The number of rotatable bonds is 18. The van der Waals surface area contributed by atoms with Crippen LogP contribution in [0.15, 0.2) is 56.7 Å². The molecule has 0 heterocycles. The van der Waals surface area contributed by atoms with Gasteiger partial charge in [0.25, 0.3) is 0 Å². The molecule has 1 aromatic carbocycles. The molecule has 1 aromatic rings. The van der Waals surface area contributed by atoms with Gasteiger partial charge >= 0.3 is 256 Å². The number of hydrogen-bond acceptors (Lipinski definition) is 8. The minimum absolute atomic E-state index is 0.0532. The molecule has 42 heavy (non-hydrogen) atoms. The van der Waals surface area contributed by atoms with E-state index in [0.29, 0.717) is 0 Å². The van der Waals surface area contributed by atoms with Crippen LogP contribution >= 0.6 is 0 Å². The van der Waals surface area contributed by atoms with Crippen molar-refractivity contribution in [1.82, 2.24) is 0 Å². The van der Waals surface area contributed by atoms with Gasteiger partial charge in [-0.05, 0) is 0 Å². The number of benzene rings is 1. The second-order valence-electron chi connectivity index (χ2n) is 10.2. The molecule has 0 saturated heterocycles. The summed E-state index contributed by atoms with van der Waals surface area (Å²) in [7, 11) is 4.85. The summed E-state index contributed by atoms with van der Waals surface area (Å²) in [6.07, 6.45) is 8.82. The van der Waals surface area contributed by atoms with E-state index in [1.807, 2.05) is 30.3 Å². The first-order valence-corrected chi connectivity index (χ1v) is 22.2. The third kappa shape index (κ3) is 10.4. The first-order valence-electron chi connectivity index (χ1n) is 14.7. The maximum absolute atomic E-state index is 13.8. The molecule has 1 rings (SSSR count). The Hall–Kier alpha value is -2.88. The second kappa shape index (κ2) is 20.1. The first-order chi connectivity index (χ1) is 20.2. The Morgan fingerprint density at radius 3 is 1.52 bits per heavy atom. The molecule has 0 atom stereocenters. The van der Waals surface area contributed by atoms with Crippen LogP contribution in [0.4, 0.5) is 0 Å². The van der Waals surface area contributed by atoms with Crippen molar-refractivity contribution in [2.45, 2.75) is 79.0 Å². The molecule has 232 valence electrons. The molecular formula is C33H48O8Sn. The molecular weight excluding hydrogens is 643 g/mol. The van der Waals surface area contributed by atoms with Crippen molar-refractivity contribution in [3.63, 3.8) is 0 Å².